The van der Waals surface area contributed by atoms with E-state index in [2.05, 4.69) is 5.32 Å². The monoisotopic (exact) mass is 272 g/mol. The first-order valence-corrected chi connectivity index (χ1v) is 6.97. The number of aliphatic hydroxyl groups excluding tert-OH is 1. The summed E-state index contributed by atoms with van der Waals surface area (Å²) in [4.78, 5) is 24.6. The number of carbonyl (C=O) groups excluding carboxylic acids is 1. The zero-order valence-electron chi connectivity index (χ0n) is 11.5. The molecule has 1 aliphatic rings. The Morgan fingerprint density at radius 2 is 2.00 bits per heavy atom. The molecule has 1 saturated heterocycles. The highest BCUT2D eigenvalue weighted by molar-refractivity contribution is 5.82. The number of amides is 2. The molecule has 0 aromatic carbocycles. The number of unbranched alkanes of at least 4 members (excludes halogenated alkanes) is 1. The molecule has 110 valence electrons. The number of nitrogens with zero attached hydrogens (tertiary/aromatic N) is 1. The van der Waals surface area contributed by atoms with Crippen LogP contribution in [0.4, 0.5) is 4.79 Å². The molecule has 0 bridgehead atoms. The molecule has 0 aromatic rings. The number of aliphatic carboxylic acids is 1. The maximum absolute atomic E-state index is 12.0. The minimum Gasteiger partial charge on any atom is -0.480 e. The van der Waals surface area contributed by atoms with Gasteiger partial charge in [0.15, 0.2) is 0 Å². The number of aliphatic hydroxyl groups is 1. The second-order valence-corrected chi connectivity index (χ2v) is 5.10. The summed E-state index contributed by atoms with van der Waals surface area (Å²) in [5, 5.41) is 20.7. The number of piperidine rings is 1. The predicted octanol–water partition coefficient (Wildman–Crippen LogP) is 1.04. The summed E-state index contributed by atoms with van der Waals surface area (Å²) in [6, 6.07) is -1.11. The van der Waals surface area contributed by atoms with Crippen molar-refractivity contribution in [3.63, 3.8) is 0 Å². The van der Waals surface area contributed by atoms with Crippen LogP contribution in [-0.4, -0.2) is 52.9 Å². The Labute approximate surface area is 113 Å². The van der Waals surface area contributed by atoms with Crippen LogP contribution in [-0.2, 0) is 4.79 Å². The molecule has 3 N–H and O–H groups in total. The van der Waals surface area contributed by atoms with E-state index >= 15 is 0 Å². The van der Waals surface area contributed by atoms with E-state index in [-0.39, 0.29) is 18.6 Å². The fraction of sp³-hybridized carbons (Fsp3) is 0.846. The molecule has 1 heterocycles. The van der Waals surface area contributed by atoms with E-state index in [9.17, 15) is 9.59 Å². The Hall–Kier alpha value is -1.30. The molecule has 0 spiro atoms. The van der Waals surface area contributed by atoms with Crippen LogP contribution in [0.25, 0.3) is 0 Å². The van der Waals surface area contributed by atoms with Crippen LogP contribution in [0, 0.1) is 5.92 Å². The third-order valence-electron chi connectivity index (χ3n) is 3.60. The predicted molar refractivity (Wildman–Crippen MR) is 70.9 cm³/mol. The van der Waals surface area contributed by atoms with Gasteiger partial charge in [-0.15, -0.1) is 0 Å². The average Bonchev–Trinajstić information content (AvgIpc) is 2.43. The van der Waals surface area contributed by atoms with Crippen LogP contribution in [0.5, 0.6) is 0 Å². The molecule has 0 unspecified atom stereocenters. The first-order chi connectivity index (χ1) is 9.08. The number of rotatable bonds is 6. The molecule has 0 aliphatic carbocycles. The lowest BCUT2D eigenvalue weighted by molar-refractivity contribution is -0.139. The summed E-state index contributed by atoms with van der Waals surface area (Å²) in [7, 11) is 0. The summed E-state index contributed by atoms with van der Waals surface area (Å²) in [5.41, 5.74) is 0. The first-order valence-electron chi connectivity index (χ1n) is 6.97. The van der Waals surface area contributed by atoms with Crippen molar-refractivity contribution in [3.8, 4) is 0 Å². The molecule has 0 saturated carbocycles. The van der Waals surface area contributed by atoms with Gasteiger partial charge in [0, 0.05) is 19.7 Å². The van der Waals surface area contributed by atoms with Crippen LogP contribution in [0.3, 0.4) is 0 Å². The van der Waals surface area contributed by atoms with E-state index < -0.39 is 12.0 Å². The van der Waals surface area contributed by atoms with Crippen molar-refractivity contribution >= 4 is 12.0 Å². The second-order valence-electron chi connectivity index (χ2n) is 5.10. The van der Waals surface area contributed by atoms with Gasteiger partial charge in [0.2, 0.25) is 0 Å². The van der Waals surface area contributed by atoms with Gasteiger partial charge in [-0.2, -0.15) is 0 Å². The average molecular weight is 272 g/mol. The summed E-state index contributed by atoms with van der Waals surface area (Å²) >= 11 is 0. The maximum atomic E-state index is 12.0. The number of carboxylic acids is 1. The molecule has 1 atom stereocenters. The third kappa shape index (κ3) is 5.06. The van der Waals surface area contributed by atoms with Crippen molar-refractivity contribution in [1.29, 1.82) is 0 Å². The van der Waals surface area contributed by atoms with Gasteiger partial charge in [0.05, 0.1) is 0 Å². The number of nitrogens with one attached hydrogen (secondary N) is 1. The van der Waals surface area contributed by atoms with Gasteiger partial charge in [0.1, 0.15) is 6.04 Å². The van der Waals surface area contributed by atoms with E-state index in [1.165, 1.54) is 0 Å². The number of hydrogen-bond donors (Lipinski definition) is 3. The van der Waals surface area contributed by atoms with Crippen LogP contribution in [0.15, 0.2) is 0 Å². The fourth-order valence-electron chi connectivity index (χ4n) is 2.22. The topological polar surface area (TPSA) is 89.9 Å². The Kier molecular flexibility index (Phi) is 6.62. The zero-order chi connectivity index (χ0) is 14.3. The van der Waals surface area contributed by atoms with Crippen LogP contribution in [0.2, 0.25) is 0 Å². The van der Waals surface area contributed by atoms with E-state index in [1.54, 1.807) is 4.90 Å². The van der Waals surface area contributed by atoms with Gasteiger partial charge < -0.3 is 20.4 Å². The lowest BCUT2D eigenvalue weighted by Gasteiger charge is -2.32. The van der Waals surface area contributed by atoms with E-state index in [4.69, 9.17) is 10.2 Å². The summed E-state index contributed by atoms with van der Waals surface area (Å²) in [6.45, 7) is 3.30. The molecule has 0 radical (unpaired) electrons. The lowest BCUT2D eigenvalue weighted by atomic mass is 9.98. The van der Waals surface area contributed by atoms with Crippen molar-refractivity contribution in [2.45, 2.75) is 45.1 Å². The molecule has 1 rings (SSSR count). The summed E-state index contributed by atoms with van der Waals surface area (Å²) in [6.07, 6.45) is 3.70. The quantitative estimate of drug-likeness (QED) is 0.674. The second kappa shape index (κ2) is 7.99. The molecule has 6 heteroatoms. The first kappa shape index (κ1) is 15.8. The Morgan fingerprint density at radius 1 is 1.37 bits per heavy atom. The minimum absolute atomic E-state index is 0.156. The molecular formula is C13H24N2O4. The van der Waals surface area contributed by atoms with Crippen LogP contribution in [0.1, 0.15) is 39.0 Å². The van der Waals surface area contributed by atoms with Crippen molar-refractivity contribution in [1.82, 2.24) is 10.2 Å². The minimum atomic E-state index is -0.980. The summed E-state index contributed by atoms with van der Waals surface area (Å²) in [5.74, 6) is -0.716. The van der Waals surface area contributed by atoms with Gasteiger partial charge in [-0.1, -0.05) is 19.8 Å². The van der Waals surface area contributed by atoms with Crippen LogP contribution >= 0.6 is 0 Å². The zero-order valence-corrected chi connectivity index (χ0v) is 11.5. The molecule has 6 nitrogen and oxygen atoms in total. The van der Waals surface area contributed by atoms with Gasteiger partial charge in [0.25, 0.3) is 0 Å². The number of hydrogen-bond acceptors (Lipinski definition) is 3. The van der Waals surface area contributed by atoms with Crippen molar-refractivity contribution in [2.24, 2.45) is 5.92 Å². The largest absolute Gasteiger partial charge is 0.480 e. The van der Waals surface area contributed by atoms with Gasteiger partial charge in [-0.05, 0) is 25.2 Å². The normalized spacial score (nSPS) is 18.1. The Balaban J connectivity index is 2.42. The van der Waals surface area contributed by atoms with Crippen molar-refractivity contribution < 1.29 is 19.8 Å². The van der Waals surface area contributed by atoms with Crippen molar-refractivity contribution in [2.75, 3.05) is 19.7 Å². The van der Waals surface area contributed by atoms with E-state index in [1.807, 2.05) is 6.92 Å². The van der Waals surface area contributed by atoms with Gasteiger partial charge >= 0.3 is 12.0 Å². The highest BCUT2D eigenvalue weighted by Crippen LogP contribution is 2.16. The number of likely N-dealkylation sites (tertiary alicyclic amines) is 1. The molecule has 1 fully saturated rings. The van der Waals surface area contributed by atoms with E-state index in [0.29, 0.717) is 19.5 Å². The van der Waals surface area contributed by atoms with Gasteiger partial charge in [-0.3, -0.25) is 0 Å². The van der Waals surface area contributed by atoms with Crippen LogP contribution < -0.4 is 5.32 Å². The standard InChI is InChI=1S/C13H24N2O4/c1-2-3-4-11(12(17)18)14-13(19)15-7-5-10(9-16)6-8-15/h10-11,16H,2-9H2,1H3,(H,14,19)(H,17,18)/t11-/m0/s1. The fourth-order valence-corrected chi connectivity index (χ4v) is 2.22. The molecular weight excluding hydrogens is 248 g/mol. The Morgan fingerprint density at radius 3 is 2.47 bits per heavy atom. The molecule has 2 amide bonds. The third-order valence-corrected chi connectivity index (χ3v) is 3.60. The van der Waals surface area contributed by atoms with Gasteiger partial charge in [-0.25, -0.2) is 9.59 Å². The summed E-state index contributed by atoms with van der Waals surface area (Å²) < 4.78 is 0. The molecule has 1 aliphatic heterocycles. The molecule has 0 aromatic heterocycles. The SMILES string of the molecule is CCCC[C@H](NC(=O)N1CCC(CO)CC1)C(=O)O. The van der Waals surface area contributed by atoms with Crippen molar-refractivity contribution in [3.05, 3.63) is 0 Å². The lowest BCUT2D eigenvalue weighted by Crippen LogP contribution is -2.50. The van der Waals surface area contributed by atoms with E-state index in [0.717, 1.165) is 25.7 Å². The number of urea groups is 1. The number of carbonyl (C=O) groups is 2. The smallest absolute Gasteiger partial charge is 0.326 e. The number of carboxylic acid groups (broad SMARTS) is 1. The maximum Gasteiger partial charge on any atom is 0.326 e. The Bertz CT molecular complexity index is 301. The highest BCUT2D eigenvalue weighted by Gasteiger charge is 2.26. The molecule has 19 heavy (non-hydrogen) atoms. The highest BCUT2D eigenvalue weighted by atomic mass is 16.4.